The molecule has 3 heterocycles. The Hall–Kier alpha value is -3.05. The van der Waals surface area contributed by atoms with Gasteiger partial charge in [-0.2, -0.15) is 0 Å². The summed E-state index contributed by atoms with van der Waals surface area (Å²) < 4.78 is 5.38. The van der Waals surface area contributed by atoms with Crippen LogP contribution in [0.3, 0.4) is 0 Å². The molecule has 0 saturated carbocycles. The number of hydrogen-bond acceptors (Lipinski definition) is 4. The number of carbonyl (C=O) groups excluding carboxylic acids is 1. The smallest absolute Gasteiger partial charge is 0.225 e. The maximum atomic E-state index is 13.2. The van der Waals surface area contributed by atoms with Crippen molar-refractivity contribution in [2.24, 2.45) is 5.92 Å². The number of nitrogens with zero attached hydrogens (tertiary/aromatic N) is 2. The number of para-hydroxylation sites is 1. The molecule has 2 aliphatic rings. The highest BCUT2D eigenvalue weighted by Gasteiger charge is 2.41. The summed E-state index contributed by atoms with van der Waals surface area (Å²) in [6, 6.07) is 23.0. The number of benzene rings is 2. The van der Waals surface area contributed by atoms with Crippen LogP contribution in [0.1, 0.15) is 16.9 Å². The summed E-state index contributed by atoms with van der Waals surface area (Å²) in [6.45, 7) is 4.19. The molecular weight excluding hydrogens is 374 g/mol. The average Bonchev–Trinajstić information content (AvgIpc) is 3.31. The largest absolute Gasteiger partial charge is 0.467 e. The molecule has 2 aromatic carbocycles. The van der Waals surface area contributed by atoms with Crippen molar-refractivity contribution in [3.05, 3.63) is 89.9 Å². The molecule has 2 atom stereocenters. The first-order valence-electron chi connectivity index (χ1n) is 10.7. The van der Waals surface area contributed by atoms with Crippen LogP contribution < -0.4 is 10.2 Å². The number of anilines is 1. The molecule has 1 saturated heterocycles. The number of piperazine rings is 1. The Balaban J connectivity index is 1.36. The summed E-state index contributed by atoms with van der Waals surface area (Å²) in [7, 11) is 0. The summed E-state index contributed by atoms with van der Waals surface area (Å²) >= 11 is 0. The van der Waals surface area contributed by atoms with Gasteiger partial charge >= 0.3 is 0 Å². The summed E-state index contributed by atoms with van der Waals surface area (Å²) in [5, 5.41) is 3.11. The van der Waals surface area contributed by atoms with E-state index >= 15 is 0 Å². The van der Waals surface area contributed by atoms with Crippen molar-refractivity contribution in [3.8, 4) is 0 Å². The summed E-state index contributed by atoms with van der Waals surface area (Å²) in [5.74, 6) is 0.816. The fourth-order valence-electron chi connectivity index (χ4n) is 4.82. The standard InChI is InChI=1S/C25H27N3O2/c29-25(26-16-21-10-6-14-30-21)22-15-20-9-4-5-11-23(20)28-13-12-27(18-24(22)28)17-19-7-2-1-3-8-19/h1-11,14,22,24H,12-13,15-18H2,(H,26,29)/t22-,24+/m1/s1. The molecule has 5 heteroatoms. The van der Waals surface area contributed by atoms with Crippen molar-refractivity contribution in [1.29, 1.82) is 0 Å². The van der Waals surface area contributed by atoms with E-state index in [9.17, 15) is 4.79 Å². The van der Waals surface area contributed by atoms with Crippen LogP contribution in [-0.2, 0) is 24.3 Å². The van der Waals surface area contributed by atoms with Crippen molar-refractivity contribution in [2.45, 2.75) is 25.6 Å². The quantitative estimate of drug-likeness (QED) is 0.711. The zero-order valence-corrected chi connectivity index (χ0v) is 17.0. The van der Waals surface area contributed by atoms with Crippen molar-refractivity contribution in [2.75, 3.05) is 24.5 Å². The maximum absolute atomic E-state index is 13.2. The molecule has 1 N–H and O–H groups in total. The Labute approximate surface area is 177 Å². The highest BCUT2D eigenvalue weighted by atomic mass is 16.3. The van der Waals surface area contributed by atoms with Crippen molar-refractivity contribution in [3.63, 3.8) is 0 Å². The Kier molecular flexibility index (Phi) is 5.28. The van der Waals surface area contributed by atoms with E-state index in [2.05, 4.69) is 69.7 Å². The van der Waals surface area contributed by atoms with Gasteiger partial charge in [-0.25, -0.2) is 0 Å². The molecule has 5 nitrogen and oxygen atoms in total. The molecule has 1 amide bonds. The molecule has 0 spiro atoms. The van der Waals surface area contributed by atoms with Gasteiger partial charge in [0, 0.05) is 31.9 Å². The van der Waals surface area contributed by atoms with E-state index in [0.29, 0.717) is 6.54 Å². The normalized spacial score (nSPS) is 21.0. The molecule has 2 aliphatic heterocycles. The molecule has 5 rings (SSSR count). The third-order valence-corrected chi connectivity index (χ3v) is 6.31. The number of fused-ring (bicyclic) bond motifs is 3. The molecule has 0 unspecified atom stereocenters. The van der Waals surface area contributed by atoms with Crippen LogP contribution in [0.15, 0.2) is 77.4 Å². The van der Waals surface area contributed by atoms with Crippen LogP contribution in [0.2, 0.25) is 0 Å². The van der Waals surface area contributed by atoms with Crippen molar-refractivity contribution < 1.29 is 9.21 Å². The molecular formula is C25H27N3O2. The van der Waals surface area contributed by atoms with E-state index in [1.165, 1.54) is 16.8 Å². The van der Waals surface area contributed by atoms with Gasteiger partial charge in [0.1, 0.15) is 5.76 Å². The maximum Gasteiger partial charge on any atom is 0.225 e. The van der Waals surface area contributed by atoms with Gasteiger partial charge in [0.2, 0.25) is 5.91 Å². The molecule has 30 heavy (non-hydrogen) atoms. The van der Waals surface area contributed by atoms with E-state index in [1.54, 1.807) is 6.26 Å². The number of amides is 1. The third kappa shape index (κ3) is 3.85. The van der Waals surface area contributed by atoms with E-state index in [4.69, 9.17) is 4.42 Å². The van der Waals surface area contributed by atoms with Crippen LogP contribution in [0, 0.1) is 5.92 Å². The van der Waals surface area contributed by atoms with E-state index in [1.807, 2.05) is 12.1 Å². The molecule has 0 bridgehead atoms. The second-order valence-corrected chi connectivity index (χ2v) is 8.22. The number of carbonyl (C=O) groups is 1. The van der Waals surface area contributed by atoms with Gasteiger partial charge in [-0.15, -0.1) is 0 Å². The predicted molar refractivity (Wildman–Crippen MR) is 117 cm³/mol. The lowest BCUT2D eigenvalue weighted by atomic mass is 9.83. The highest BCUT2D eigenvalue weighted by Crippen LogP contribution is 2.36. The molecule has 154 valence electrons. The van der Waals surface area contributed by atoms with Gasteiger partial charge in [-0.05, 0) is 35.7 Å². The van der Waals surface area contributed by atoms with Gasteiger partial charge in [-0.3, -0.25) is 9.69 Å². The van der Waals surface area contributed by atoms with Crippen molar-refractivity contribution in [1.82, 2.24) is 10.2 Å². The van der Waals surface area contributed by atoms with Crippen LogP contribution >= 0.6 is 0 Å². The van der Waals surface area contributed by atoms with E-state index in [0.717, 1.165) is 38.4 Å². The van der Waals surface area contributed by atoms with Gasteiger partial charge in [0.25, 0.3) is 0 Å². The first kappa shape index (κ1) is 18.9. The molecule has 3 aromatic rings. The predicted octanol–water partition coefficient (Wildman–Crippen LogP) is 3.46. The minimum absolute atomic E-state index is 0.0755. The Bertz CT molecular complexity index is 987. The Morgan fingerprint density at radius 3 is 2.67 bits per heavy atom. The van der Waals surface area contributed by atoms with Crippen LogP contribution in [0.5, 0.6) is 0 Å². The van der Waals surface area contributed by atoms with Crippen LogP contribution in [-0.4, -0.2) is 36.5 Å². The topological polar surface area (TPSA) is 48.7 Å². The first-order valence-corrected chi connectivity index (χ1v) is 10.7. The lowest BCUT2D eigenvalue weighted by molar-refractivity contribution is -0.126. The average molecular weight is 402 g/mol. The van der Waals surface area contributed by atoms with Gasteiger partial charge in [0.05, 0.1) is 24.8 Å². The zero-order chi connectivity index (χ0) is 20.3. The summed E-state index contributed by atoms with van der Waals surface area (Å²) in [5.41, 5.74) is 3.88. The molecule has 1 fully saturated rings. The monoisotopic (exact) mass is 401 g/mol. The Morgan fingerprint density at radius 1 is 1.00 bits per heavy atom. The second-order valence-electron chi connectivity index (χ2n) is 8.22. The van der Waals surface area contributed by atoms with Crippen LogP contribution in [0.4, 0.5) is 5.69 Å². The number of rotatable bonds is 5. The highest BCUT2D eigenvalue weighted by molar-refractivity contribution is 5.82. The minimum Gasteiger partial charge on any atom is -0.467 e. The molecule has 1 aromatic heterocycles. The lowest BCUT2D eigenvalue weighted by Gasteiger charge is -2.49. The lowest BCUT2D eigenvalue weighted by Crippen LogP contribution is -2.60. The first-order chi connectivity index (χ1) is 14.8. The van der Waals surface area contributed by atoms with E-state index in [-0.39, 0.29) is 17.9 Å². The summed E-state index contributed by atoms with van der Waals surface area (Å²) in [4.78, 5) is 18.2. The molecule has 0 aliphatic carbocycles. The fourth-order valence-corrected chi connectivity index (χ4v) is 4.82. The third-order valence-electron chi connectivity index (χ3n) is 6.31. The van der Waals surface area contributed by atoms with E-state index < -0.39 is 0 Å². The Morgan fingerprint density at radius 2 is 1.83 bits per heavy atom. The minimum atomic E-state index is -0.0755. The number of hydrogen-bond donors (Lipinski definition) is 1. The zero-order valence-electron chi connectivity index (χ0n) is 17.0. The number of nitrogens with one attached hydrogen (secondary N) is 1. The van der Waals surface area contributed by atoms with Gasteiger partial charge < -0.3 is 14.6 Å². The summed E-state index contributed by atoms with van der Waals surface area (Å²) in [6.07, 6.45) is 2.42. The molecule has 0 radical (unpaired) electrons. The van der Waals surface area contributed by atoms with Gasteiger partial charge in [-0.1, -0.05) is 48.5 Å². The SMILES string of the molecule is O=C(NCc1ccco1)[C@@H]1Cc2ccccc2N2CCN(Cc3ccccc3)C[C@@H]12. The van der Waals surface area contributed by atoms with Crippen molar-refractivity contribution >= 4 is 11.6 Å². The van der Waals surface area contributed by atoms with Gasteiger partial charge in [0.15, 0.2) is 0 Å². The fraction of sp³-hybridized carbons (Fsp3) is 0.320. The second kappa shape index (κ2) is 8.36. The van der Waals surface area contributed by atoms with Crippen LogP contribution in [0.25, 0.3) is 0 Å². The number of furan rings is 1.